The zero-order valence-corrected chi connectivity index (χ0v) is 9.62. The van der Waals surface area contributed by atoms with Crippen LogP contribution in [0.25, 0.3) is 0 Å². The van der Waals surface area contributed by atoms with Crippen LogP contribution >= 0.6 is 0 Å². The quantitative estimate of drug-likeness (QED) is 0.844. The van der Waals surface area contributed by atoms with E-state index in [0.29, 0.717) is 11.7 Å². The van der Waals surface area contributed by atoms with E-state index in [1.54, 1.807) is 12.3 Å². The molecule has 88 valence electrons. The first-order chi connectivity index (χ1) is 7.77. The molecule has 4 heteroatoms. The Balaban J connectivity index is 1.96. The summed E-state index contributed by atoms with van der Waals surface area (Å²) in [7, 11) is 1.90. The van der Waals surface area contributed by atoms with Gasteiger partial charge < -0.3 is 10.2 Å². The largest absolute Gasteiger partial charge is 0.357 e. The van der Waals surface area contributed by atoms with Gasteiger partial charge in [0.25, 0.3) is 0 Å². The fourth-order valence-corrected chi connectivity index (χ4v) is 2.21. The van der Waals surface area contributed by atoms with Gasteiger partial charge in [-0.2, -0.15) is 0 Å². The Morgan fingerprint density at radius 1 is 1.62 bits per heavy atom. The molecule has 1 aromatic rings. The van der Waals surface area contributed by atoms with E-state index in [2.05, 4.69) is 10.3 Å². The van der Waals surface area contributed by atoms with Crippen molar-refractivity contribution >= 4 is 5.82 Å². The van der Waals surface area contributed by atoms with E-state index < -0.39 is 0 Å². The van der Waals surface area contributed by atoms with Gasteiger partial charge in [0.1, 0.15) is 0 Å². The first kappa shape index (κ1) is 11.3. The molecule has 1 aliphatic heterocycles. The van der Waals surface area contributed by atoms with Crippen molar-refractivity contribution in [2.45, 2.75) is 12.8 Å². The molecule has 0 radical (unpaired) electrons. The number of hydrogen-bond acceptors (Lipinski definition) is 3. The minimum Gasteiger partial charge on any atom is -0.357 e. The molecule has 1 saturated heterocycles. The minimum atomic E-state index is -0.242. The second-order valence-electron chi connectivity index (χ2n) is 4.40. The molecule has 0 spiro atoms. The third-order valence-electron chi connectivity index (χ3n) is 3.03. The molecule has 0 amide bonds. The summed E-state index contributed by atoms with van der Waals surface area (Å²) in [6, 6.07) is 3.08. The Bertz CT molecular complexity index is 337. The first-order valence-electron chi connectivity index (χ1n) is 5.80. The van der Waals surface area contributed by atoms with E-state index in [9.17, 15) is 4.39 Å². The summed E-state index contributed by atoms with van der Waals surface area (Å²) in [4.78, 5) is 5.98. The Labute approximate surface area is 95.7 Å². The van der Waals surface area contributed by atoms with E-state index >= 15 is 0 Å². The highest BCUT2D eigenvalue weighted by atomic mass is 19.1. The van der Waals surface area contributed by atoms with Crippen molar-refractivity contribution < 1.29 is 4.39 Å². The average Bonchev–Trinajstić information content (AvgIpc) is 2.31. The summed E-state index contributed by atoms with van der Waals surface area (Å²) >= 11 is 0. The van der Waals surface area contributed by atoms with Gasteiger partial charge >= 0.3 is 0 Å². The van der Waals surface area contributed by atoms with E-state index in [1.807, 2.05) is 11.9 Å². The fourth-order valence-electron chi connectivity index (χ4n) is 2.21. The molecule has 1 N–H and O–H groups in total. The summed E-state index contributed by atoms with van der Waals surface area (Å²) in [6.07, 6.45) is 4.06. The van der Waals surface area contributed by atoms with Crippen LogP contribution in [0.5, 0.6) is 0 Å². The molecular weight excluding hydrogens is 205 g/mol. The molecular formula is C12H18FN3. The number of anilines is 1. The van der Waals surface area contributed by atoms with Crippen LogP contribution in [0.15, 0.2) is 18.3 Å². The van der Waals surface area contributed by atoms with Crippen molar-refractivity contribution in [3.63, 3.8) is 0 Å². The SMILES string of the molecule is CN(CC1CCCNC1)c1ncccc1F. The highest BCUT2D eigenvalue weighted by molar-refractivity contribution is 5.38. The third kappa shape index (κ3) is 2.70. The molecule has 0 aromatic carbocycles. The van der Waals surface area contributed by atoms with Crippen LogP contribution in [0.2, 0.25) is 0 Å². The smallest absolute Gasteiger partial charge is 0.165 e. The molecule has 0 saturated carbocycles. The van der Waals surface area contributed by atoms with Gasteiger partial charge in [-0.05, 0) is 44.0 Å². The maximum Gasteiger partial charge on any atom is 0.165 e. The monoisotopic (exact) mass is 223 g/mol. The normalized spacial score (nSPS) is 20.8. The number of piperidine rings is 1. The van der Waals surface area contributed by atoms with Crippen LogP contribution in [-0.2, 0) is 0 Å². The van der Waals surface area contributed by atoms with Gasteiger partial charge in [-0.1, -0.05) is 0 Å². The summed E-state index contributed by atoms with van der Waals surface area (Å²) in [5.41, 5.74) is 0. The van der Waals surface area contributed by atoms with Gasteiger partial charge in [0, 0.05) is 19.8 Å². The molecule has 2 heterocycles. The molecule has 0 bridgehead atoms. The van der Waals surface area contributed by atoms with Crippen LogP contribution in [0.3, 0.4) is 0 Å². The lowest BCUT2D eigenvalue weighted by Gasteiger charge is -2.28. The Kier molecular flexibility index (Phi) is 3.72. The number of rotatable bonds is 3. The predicted molar refractivity (Wildman–Crippen MR) is 63.1 cm³/mol. The standard InChI is InChI=1S/C12H18FN3/c1-16(9-10-4-2-6-14-8-10)12-11(13)5-3-7-15-12/h3,5,7,10,14H,2,4,6,8-9H2,1H3. The van der Waals surface area contributed by atoms with Gasteiger partial charge in [-0.15, -0.1) is 0 Å². The van der Waals surface area contributed by atoms with E-state index in [1.165, 1.54) is 18.9 Å². The summed E-state index contributed by atoms with van der Waals surface area (Å²) in [5.74, 6) is 0.807. The molecule has 0 aliphatic carbocycles. The molecule has 1 atom stereocenters. The zero-order chi connectivity index (χ0) is 11.4. The molecule has 3 nitrogen and oxygen atoms in total. The van der Waals surface area contributed by atoms with Crippen LogP contribution in [-0.4, -0.2) is 31.7 Å². The first-order valence-corrected chi connectivity index (χ1v) is 5.80. The lowest BCUT2D eigenvalue weighted by atomic mass is 9.99. The van der Waals surface area contributed by atoms with E-state index in [0.717, 1.165) is 19.6 Å². The van der Waals surface area contributed by atoms with Crippen LogP contribution in [0.4, 0.5) is 10.2 Å². The molecule has 16 heavy (non-hydrogen) atoms. The van der Waals surface area contributed by atoms with Gasteiger partial charge in [0.2, 0.25) is 0 Å². The van der Waals surface area contributed by atoms with Gasteiger partial charge in [-0.25, -0.2) is 9.37 Å². The van der Waals surface area contributed by atoms with Crippen molar-refractivity contribution in [2.75, 3.05) is 31.6 Å². The van der Waals surface area contributed by atoms with Gasteiger partial charge in [-0.3, -0.25) is 0 Å². The lowest BCUT2D eigenvalue weighted by Crippen LogP contribution is -2.37. The maximum absolute atomic E-state index is 13.5. The molecule has 1 fully saturated rings. The van der Waals surface area contributed by atoms with E-state index in [4.69, 9.17) is 0 Å². The van der Waals surface area contributed by atoms with Crippen molar-refractivity contribution in [3.05, 3.63) is 24.1 Å². The average molecular weight is 223 g/mol. The topological polar surface area (TPSA) is 28.2 Å². The Hall–Kier alpha value is -1.16. The summed E-state index contributed by atoms with van der Waals surface area (Å²) in [5, 5.41) is 3.37. The van der Waals surface area contributed by atoms with Crippen molar-refractivity contribution in [1.29, 1.82) is 0 Å². The molecule has 1 unspecified atom stereocenters. The zero-order valence-electron chi connectivity index (χ0n) is 9.62. The highest BCUT2D eigenvalue weighted by Gasteiger charge is 2.17. The lowest BCUT2D eigenvalue weighted by molar-refractivity contribution is 0.379. The minimum absolute atomic E-state index is 0.242. The number of halogens is 1. The van der Waals surface area contributed by atoms with Gasteiger partial charge in [0.15, 0.2) is 11.6 Å². The van der Waals surface area contributed by atoms with Crippen LogP contribution in [0, 0.1) is 11.7 Å². The summed E-state index contributed by atoms with van der Waals surface area (Å²) < 4.78 is 13.5. The number of nitrogens with zero attached hydrogens (tertiary/aromatic N) is 2. The third-order valence-corrected chi connectivity index (χ3v) is 3.03. The molecule has 1 aliphatic rings. The number of pyridine rings is 1. The predicted octanol–water partition coefficient (Wildman–Crippen LogP) is 1.66. The van der Waals surface area contributed by atoms with Crippen molar-refractivity contribution in [1.82, 2.24) is 10.3 Å². The number of nitrogens with one attached hydrogen (secondary N) is 1. The number of aromatic nitrogens is 1. The second-order valence-corrected chi connectivity index (χ2v) is 4.40. The Morgan fingerprint density at radius 3 is 3.19 bits per heavy atom. The van der Waals surface area contributed by atoms with E-state index in [-0.39, 0.29) is 5.82 Å². The number of hydrogen-bond donors (Lipinski definition) is 1. The molecule has 1 aromatic heterocycles. The van der Waals surface area contributed by atoms with Crippen LogP contribution in [0.1, 0.15) is 12.8 Å². The van der Waals surface area contributed by atoms with Crippen molar-refractivity contribution in [3.8, 4) is 0 Å². The van der Waals surface area contributed by atoms with Gasteiger partial charge in [0.05, 0.1) is 0 Å². The molecule has 2 rings (SSSR count). The second kappa shape index (κ2) is 5.25. The maximum atomic E-state index is 13.5. The van der Waals surface area contributed by atoms with Crippen LogP contribution < -0.4 is 10.2 Å². The highest BCUT2D eigenvalue weighted by Crippen LogP contribution is 2.17. The Morgan fingerprint density at radius 2 is 2.50 bits per heavy atom. The van der Waals surface area contributed by atoms with Crippen molar-refractivity contribution in [2.24, 2.45) is 5.92 Å². The summed E-state index contributed by atoms with van der Waals surface area (Å²) in [6.45, 7) is 3.00. The fraction of sp³-hybridized carbons (Fsp3) is 0.583.